The molecule has 0 aromatic heterocycles. The first-order valence-electron chi connectivity index (χ1n) is 21.6. The maximum absolute atomic E-state index is 14.5. The third kappa shape index (κ3) is 8.39. The molecule has 5 heterocycles. The van der Waals surface area contributed by atoms with Gasteiger partial charge in [-0.15, -0.1) is 0 Å². The molecule has 2 spiro atoms. The number of aliphatic hydroxyl groups is 3. The number of nitrogens with zero attached hydrogens (tertiary/aromatic N) is 1. The summed E-state index contributed by atoms with van der Waals surface area (Å²) in [5.74, 6) is -4.23. The van der Waals surface area contributed by atoms with Gasteiger partial charge in [0.2, 0.25) is 11.7 Å². The molecule has 18 atom stereocenters. The van der Waals surface area contributed by atoms with E-state index in [1.807, 2.05) is 54.5 Å². The van der Waals surface area contributed by atoms with Crippen molar-refractivity contribution in [3.63, 3.8) is 0 Å². The van der Waals surface area contributed by atoms with Crippen LogP contribution in [-0.4, -0.2) is 112 Å². The van der Waals surface area contributed by atoms with E-state index in [2.05, 4.69) is 20.8 Å². The Morgan fingerprint density at radius 1 is 0.891 bits per heavy atom. The van der Waals surface area contributed by atoms with Gasteiger partial charge in [0, 0.05) is 44.2 Å². The van der Waals surface area contributed by atoms with Gasteiger partial charge in [-0.2, -0.15) is 0 Å². The third-order valence-corrected chi connectivity index (χ3v) is 14.9. The highest BCUT2D eigenvalue weighted by Crippen LogP contribution is 2.54. The van der Waals surface area contributed by atoms with E-state index in [1.54, 1.807) is 25.1 Å². The van der Waals surface area contributed by atoms with Crippen molar-refractivity contribution < 1.29 is 48.6 Å². The van der Waals surface area contributed by atoms with Gasteiger partial charge < -0.3 is 43.9 Å². The summed E-state index contributed by atoms with van der Waals surface area (Å²) in [7, 11) is 3.55. The van der Waals surface area contributed by atoms with Gasteiger partial charge in [0.05, 0.1) is 53.7 Å². The summed E-state index contributed by atoms with van der Waals surface area (Å²) in [6.07, 6.45) is 6.42. The monoisotopic (exact) mass is 778 g/mol. The number of carbonyl (C=O) groups is 2. The van der Waals surface area contributed by atoms with Gasteiger partial charge in [0.15, 0.2) is 5.79 Å². The van der Waals surface area contributed by atoms with E-state index in [1.165, 1.54) is 0 Å². The molecule has 0 aromatic carbocycles. The van der Waals surface area contributed by atoms with Crippen molar-refractivity contribution in [2.24, 2.45) is 41.4 Å². The summed E-state index contributed by atoms with van der Waals surface area (Å²) < 4.78 is 33.8. The summed E-state index contributed by atoms with van der Waals surface area (Å²) in [5.41, 5.74) is -1.62. The van der Waals surface area contributed by atoms with Crippen molar-refractivity contribution in [3.8, 4) is 0 Å². The number of ether oxygens (including phenoxy) is 5. The summed E-state index contributed by atoms with van der Waals surface area (Å²) in [5, 5.41) is 34.4. The Morgan fingerprint density at radius 2 is 1.56 bits per heavy atom. The topological polar surface area (TPSA) is 144 Å². The second-order valence-corrected chi connectivity index (χ2v) is 18.8. The Labute approximate surface area is 331 Å². The zero-order valence-electron chi connectivity index (χ0n) is 36.0. The zero-order chi connectivity index (χ0) is 40.8. The van der Waals surface area contributed by atoms with Crippen LogP contribution in [0.2, 0.25) is 0 Å². The van der Waals surface area contributed by atoms with Crippen LogP contribution >= 0.6 is 0 Å². The predicted molar refractivity (Wildman–Crippen MR) is 210 cm³/mol. The minimum atomic E-state index is -1.36. The van der Waals surface area contributed by atoms with E-state index in [0.29, 0.717) is 44.9 Å². The number of aliphatic hydroxyl groups excluding tert-OH is 2. The first kappa shape index (κ1) is 44.7. The normalized spacial score (nSPS) is 44.9. The molecule has 0 aliphatic carbocycles. The minimum Gasteiger partial charge on any atom is -0.392 e. The van der Waals surface area contributed by atoms with Gasteiger partial charge >= 0.3 is 0 Å². The van der Waals surface area contributed by atoms with Gasteiger partial charge in [-0.1, -0.05) is 55.4 Å². The van der Waals surface area contributed by atoms with Crippen LogP contribution in [0.1, 0.15) is 133 Å². The van der Waals surface area contributed by atoms with Gasteiger partial charge in [0.25, 0.3) is 0 Å². The number of ketones is 1. The lowest BCUT2D eigenvalue weighted by Gasteiger charge is -2.54. The molecule has 55 heavy (non-hydrogen) atoms. The highest BCUT2D eigenvalue weighted by Gasteiger charge is 2.63. The Kier molecular flexibility index (Phi) is 13.8. The second kappa shape index (κ2) is 17.0. The lowest BCUT2D eigenvalue weighted by atomic mass is 9.72. The molecule has 5 aliphatic heterocycles. The van der Waals surface area contributed by atoms with Gasteiger partial charge in [-0.05, 0) is 95.6 Å². The number of carbonyl (C=O) groups excluding carboxylic acids is 2. The molecular formula is C44H75NO10. The van der Waals surface area contributed by atoms with E-state index in [9.17, 15) is 24.9 Å². The molecule has 316 valence electrons. The van der Waals surface area contributed by atoms with Gasteiger partial charge in [0.1, 0.15) is 11.9 Å². The number of rotatable bonds is 12. The largest absolute Gasteiger partial charge is 0.392 e. The van der Waals surface area contributed by atoms with E-state index < -0.39 is 52.9 Å². The van der Waals surface area contributed by atoms with Crippen molar-refractivity contribution in [1.29, 1.82) is 0 Å². The fraction of sp³-hybridized carbons (Fsp3) is 0.909. The number of hydrogen-bond donors (Lipinski definition) is 3. The molecule has 5 aliphatic rings. The molecule has 4 fully saturated rings. The van der Waals surface area contributed by atoms with Crippen LogP contribution in [0.4, 0.5) is 0 Å². The molecule has 1 unspecified atom stereocenters. The molecule has 3 N–H and O–H groups in total. The quantitative estimate of drug-likeness (QED) is 0.196. The van der Waals surface area contributed by atoms with Crippen LogP contribution < -0.4 is 0 Å². The van der Waals surface area contributed by atoms with Crippen LogP contribution in [0, 0.1) is 41.4 Å². The molecule has 0 radical (unpaired) electrons. The van der Waals surface area contributed by atoms with Crippen LogP contribution in [-0.2, 0) is 33.3 Å². The smallest absolute Gasteiger partial charge is 0.227 e. The third-order valence-electron chi connectivity index (χ3n) is 14.9. The molecule has 11 nitrogen and oxygen atoms in total. The van der Waals surface area contributed by atoms with Crippen molar-refractivity contribution >= 4 is 11.7 Å². The number of hydrogen-bond acceptors (Lipinski definition) is 10. The summed E-state index contributed by atoms with van der Waals surface area (Å²) in [4.78, 5) is 29.2. The van der Waals surface area contributed by atoms with Crippen molar-refractivity contribution in [2.45, 2.75) is 199 Å². The maximum atomic E-state index is 14.5. The highest BCUT2D eigenvalue weighted by atomic mass is 16.8. The first-order valence-corrected chi connectivity index (χ1v) is 21.6. The Balaban J connectivity index is 1.31. The lowest BCUT2D eigenvalue weighted by Crippen LogP contribution is -2.63. The van der Waals surface area contributed by atoms with Crippen LogP contribution in [0.15, 0.2) is 12.2 Å². The van der Waals surface area contributed by atoms with E-state index in [-0.39, 0.29) is 65.7 Å². The lowest BCUT2D eigenvalue weighted by molar-refractivity contribution is -0.409. The Bertz CT molecular complexity index is 1380. The highest BCUT2D eigenvalue weighted by molar-refractivity contribution is 5.84. The molecular weight excluding hydrogens is 702 g/mol. The molecule has 0 bridgehead atoms. The molecule has 5 rings (SSSR count). The summed E-state index contributed by atoms with van der Waals surface area (Å²) >= 11 is 0. The average molecular weight is 778 g/mol. The number of amides is 1. The van der Waals surface area contributed by atoms with Crippen LogP contribution in [0.25, 0.3) is 0 Å². The molecule has 0 aromatic rings. The summed E-state index contributed by atoms with van der Waals surface area (Å²) in [6.45, 7) is 20.0. The Hall–Kier alpha value is -1.44. The standard InChI is InChI=1S/C44H75NO10/c1-13-31(40(49)45(11)12)33-17-16-25(4)38(52-33)29(8)36(47)28(7)37(48)32(14-2)39-26(5)24-27(6)43(53-39)21-18-34(46)44(55-43)23-22-41(10,54-44)35-19-20-42(50,15-3)30(9)51-35/h18,21,25-36,38-39,46-47,50H,13-17,19-20,22-24H2,1-12H3/t25-,26-,27+,28-,29-,30-,31+,32?,33+,34+,35+,36+,38+,39-,41-,42+,43-,44-/m0/s1. The van der Waals surface area contributed by atoms with Gasteiger partial charge in [-0.25, -0.2) is 0 Å². The van der Waals surface area contributed by atoms with E-state index in [4.69, 9.17) is 23.7 Å². The second-order valence-electron chi connectivity index (χ2n) is 18.8. The molecule has 0 saturated carbocycles. The predicted octanol–water partition coefficient (Wildman–Crippen LogP) is 6.19. The van der Waals surface area contributed by atoms with Crippen LogP contribution in [0.5, 0.6) is 0 Å². The van der Waals surface area contributed by atoms with Crippen LogP contribution in [0.3, 0.4) is 0 Å². The maximum Gasteiger partial charge on any atom is 0.227 e. The number of Topliss-reactive ketones (excluding diaryl/α,β-unsaturated/α-hetero) is 1. The first-order chi connectivity index (χ1) is 25.7. The molecule has 11 heteroatoms. The van der Waals surface area contributed by atoms with Crippen molar-refractivity contribution in [2.75, 3.05) is 14.1 Å². The van der Waals surface area contributed by atoms with Crippen molar-refractivity contribution in [3.05, 3.63) is 12.2 Å². The van der Waals surface area contributed by atoms with Crippen molar-refractivity contribution in [1.82, 2.24) is 4.90 Å². The molecule has 4 saturated heterocycles. The SMILES string of the molecule is CCC(C(=O)[C@@H](C)[C@@H](O)[C@H](C)[C@@H]1O[C@@H]([C@@H](CC)C(=O)N(C)C)CC[C@@H]1C)[C@H]1O[C@]2(C=C[C@@H](O)[C@]3(CC[C@@](C)([C@H]4CC[C@](O)(CC)[C@H](C)O4)O3)O2)[C@H](C)C[C@@H]1C. The average Bonchev–Trinajstić information content (AvgIpc) is 3.50. The summed E-state index contributed by atoms with van der Waals surface area (Å²) in [6, 6.07) is 0. The fourth-order valence-electron chi connectivity index (χ4n) is 10.8. The molecule has 1 amide bonds. The van der Waals surface area contributed by atoms with Gasteiger partial charge in [-0.3, -0.25) is 9.59 Å². The minimum absolute atomic E-state index is 0.0305. The van der Waals surface area contributed by atoms with E-state index >= 15 is 0 Å². The Morgan fingerprint density at radius 3 is 2.16 bits per heavy atom. The fourth-order valence-corrected chi connectivity index (χ4v) is 10.8. The zero-order valence-corrected chi connectivity index (χ0v) is 36.0. The van der Waals surface area contributed by atoms with E-state index in [0.717, 1.165) is 19.3 Å².